The summed E-state index contributed by atoms with van der Waals surface area (Å²) in [5.74, 6) is 0.575. The smallest absolute Gasteiger partial charge is 0.272 e. The minimum atomic E-state index is -0.286. The number of hydrogen-bond donors (Lipinski definition) is 1. The third-order valence-corrected chi connectivity index (χ3v) is 3.54. The Kier molecular flexibility index (Phi) is 3.56. The highest BCUT2D eigenvalue weighted by Crippen LogP contribution is 2.32. The minimum absolute atomic E-state index is 0.201. The summed E-state index contributed by atoms with van der Waals surface area (Å²) < 4.78 is 0. The number of para-hydroxylation sites is 1. The van der Waals surface area contributed by atoms with E-state index in [0.717, 1.165) is 18.8 Å². The second kappa shape index (κ2) is 5.40. The van der Waals surface area contributed by atoms with E-state index in [4.69, 9.17) is 0 Å². The summed E-state index contributed by atoms with van der Waals surface area (Å²) in [5, 5.41) is 11.2. The zero-order chi connectivity index (χ0) is 15.7. The molecular formula is C17H20N4O. The van der Waals surface area contributed by atoms with Crippen LogP contribution in [0.15, 0.2) is 36.4 Å². The molecular weight excluding hydrogens is 276 g/mol. The highest BCUT2D eigenvalue weighted by atomic mass is 16.2. The van der Waals surface area contributed by atoms with Gasteiger partial charge in [0.15, 0.2) is 11.5 Å². The van der Waals surface area contributed by atoms with Crippen molar-refractivity contribution in [2.45, 2.75) is 32.7 Å². The monoisotopic (exact) mass is 296 g/mol. The van der Waals surface area contributed by atoms with Gasteiger partial charge in [-0.3, -0.25) is 4.79 Å². The number of rotatable bonds is 2. The second-order valence-electron chi connectivity index (χ2n) is 6.51. The first-order valence-corrected chi connectivity index (χ1v) is 7.46. The number of aromatic nitrogens is 2. The molecule has 0 radical (unpaired) electrons. The molecule has 2 aromatic rings. The Morgan fingerprint density at radius 3 is 2.59 bits per heavy atom. The highest BCUT2D eigenvalue weighted by Gasteiger charge is 2.22. The molecule has 0 atom stereocenters. The highest BCUT2D eigenvalue weighted by molar-refractivity contribution is 5.92. The van der Waals surface area contributed by atoms with Crippen molar-refractivity contribution in [1.29, 1.82) is 0 Å². The van der Waals surface area contributed by atoms with Gasteiger partial charge in [0.25, 0.3) is 5.91 Å². The second-order valence-corrected chi connectivity index (χ2v) is 6.51. The summed E-state index contributed by atoms with van der Waals surface area (Å²) in [6.07, 6.45) is 1.00. The van der Waals surface area contributed by atoms with Gasteiger partial charge in [-0.05, 0) is 51.0 Å². The minimum Gasteiger partial charge on any atom is -0.346 e. The number of fused-ring (bicyclic) bond motifs is 1. The van der Waals surface area contributed by atoms with Crippen LogP contribution in [-0.4, -0.2) is 28.2 Å². The average molecular weight is 296 g/mol. The Balaban J connectivity index is 1.80. The van der Waals surface area contributed by atoms with Crippen molar-refractivity contribution < 1.29 is 4.79 Å². The average Bonchev–Trinajstić information content (AvgIpc) is 2.89. The molecule has 0 spiro atoms. The van der Waals surface area contributed by atoms with Crippen molar-refractivity contribution in [3.05, 3.63) is 47.7 Å². The van der Waals surface area contributed by atoms with Gasteiger partial charge in [-0.25, -0.2) is 0 Å². The molecule has 5 nitrogen and oxygen atoms in total. The molecule has 2 heterocycles. The summed E-state index contributed by atoms with van der Waals surface area (Å²) in [7, 11) is 0. The maximum absolute atomic E-state index is 12.1. The first-order valence-electron chi connectivity index (χ1n) is 7.46. The zero-order valence-corrected chi connectivity index (χ0v) is 13.1. The van der Waals surface area contributed by atoms with Gasteiger partial charge in [0.05, 0.1) is 0 Å². The fourth-order valence-electron chi connectivity index (χ4n) is 2.57. The molecule has 0 fully saturated rings. The van der Waals surface area contributed by atoms with Crippen LogP contribution in [0, 0.1) is 0 Å². The summed E-state index contributed by atoms with van der Waals surface area (Å²) in [6.45, 7) is 6.71. The van der Waals surface area contributed by atoms with E-state index in [-0.39, 0.29) is 11.4 Å². The molecule has 1 aliphatic heterocycles. The first-order chi connectivity index (χ1) is 10.4. The van der Waals surface area contributed by atoms with Crippen molar-refractivity contribution in [3.63, 3.8) is 0 Å². The van der Waals surface area contributed by atoms with Crippen molar-refractivity contribution in [2.24, 2.45) is 0 Å². The lowest BCUT2D eigenvalue weighted by Gasteiger charge is -2.20. The van der Waals surface area contributed by atoms with E-state index >= 15 is 0 Å². The summed E-state index contributed by atoms with van der Waals surface area (Å²) >= 11 is 0. The van der Waals surface area contributed by atoms with Crippen molar-refractivity contribution in [2.75, 3.05) is 11.4 Å². The quantitative estimate of drug-likeness (QED) is 0.925. The predicted molar refractivity (Wildman–Crippen MR) is 86.4 cm³/mol. The third kappa shape index (κ3) is 2.93. The molecule has 1 aromatic carbocycles. The van der Waals surface area contributed by atoms with Crippen LogP contribution in [0.3, 0.4) is 0 Å². The van der Waals surface area contributed by atoms with Crippen molar-refractivity contribution in [1.82, 2.24) is 15.5 Å². The topological polar surface area (TPSA) is 58.1 Å². The molecule has 3 rings (SSSR count). The van der Waals surface area contributed by atoms with Gasteiger partial charge in [-0.15, -0.1) is 10.2 Å². The van der Waals surface area contributed by atoms with Gasteiger partial charge < -0.3 is 10.2 Å². The van der Waals surface area contributed by atoms with E-state index in [0.29, 0.717) is 5.69 Å². The van der Waals surface area contributed by atoms with Gasteiger partial charge in [0.2, 0.25) is 0 Å². The van der Waals surface area contributed by atoms with Gasteiger partial charge in [-0.1, -0.05) is 18.2 Å². The SMILES string of the molecule is CC(C)(C)NC(=O)c1ccc(N2CCc3ccccc32)nn1. The van der Waals surface area contributed by atoms with Crippen LogP contribution in [0.4, 0.5) is 11.5 Å². The van der Waals surface area contributed by atoms with E-state index in [9.17, 15) is 4.79 Å². The Labute approximate surface area is 130 Å². The standard InChI is InChI=1S/C17H20N4O/c1-17(2,3)18-16(22)13-8-9-15(20-19-13)21-11-10-12-6-4-5-7-14(12)21/h4-9H,10-11H2,1-3H3,(H,18,22). The van der Waals surface area contributed by atoms with E-state index in [1.54, 1.807) is 6.07 Å². The number of nitrogens with one attached hydrogen (secondary N) is 1. The Hall–Kier alpha value is -2.43. The van der Waals surface area contributed by atoms with Crippen LogP contribution in [0.5, 0.6) is 0 Å². The van der Waals surface area contributed by atoms with E-state index in [1.165, 1.54) is 11.3 Å². The zero-order valence-electron chi connectivity index (χ0n) is 13.1. The van der Waals surface area contributed by atoms with E-state index < -0.39 is 0 Å². The number of carbonyl (C=O) groups is 1. The molecule has 0 unspecified atom stereocenters. The number of carbonyl (C=O) groups excluding carboxylic acids is 1. The summed E-state index contributed by atoms with van der Waals surface area (Å²) in [4.78, 5) is 14.2. The Bertz CT molecular complexity index is 689. The van der Waals surface area contributed by atoms with Crippen LogP contribution in [0.2, 0.25) is 0 Å². The van der Waals surface area contributed by atoms with Crippen LogP contribution in [0.1, 0.15) is 36.8 Å². The molecule has 1 amide bonds. The molecule has 1 N–H and O–H groups in total. The first kappa shape index (κ1) is 14.5. The maximum atomic E-state index is 12.1. The van der Waals surface area contributed by atoms with Crippen molar-refractivity contribution >= 4 is 17.4 Å². The van der Waals surface area contributed by atoms with Gasteiger partial charge in [0.1, 0.15) is 0 Å². The van der Waals surface area contributed by atoms with Gasteiger partial charge in [0, 0.05) is 17.8 Å². The van der Waals surface area contributed by atoms with Crippen LogP contribution >= 0.6 is 0 Å². The molecule has 1 aromatic heterocycles. The molecule has 0 saturated heterocycles. The molecule has 0 saturated carbocycles. The Morgan fingerprint density at radius 2 is 1.91 bits per heavy atom. The largest absolute Gasteiger partial charge is 0.346 e. The number of nitrogens with zero attached hydrogens (tertiary/aromatic N) is 3. The molecule has 0 bridgehead atoms. The van der Waals surface area contributed by atoms with Gasteiger partial charge in [-0.2, -0.15) is 0 Å². The van der Waals surface area contributed by atoms with E-state index in [1.807, 2.05) is 39.0 Å². The lowest BCUT2D eigenvalue weighted by molar-refractivity contribution is 0.0913. The third-order valence-electron chi connectivity index (χ3n) is 3.54. The molecule has 22 heavy (non-hydrogen) atoms. The van der Waals surface area contributed by atoms with Crippen LogP contribution < -0.4 is 10.2 Å². The van der Waals surface area contributed by atoms with Crippen molar-refractivity contribution in [3.8, 4) is 0 Å². The number of amides is 1. The molecule has 0 aliphatic carbocycles. The molecule has 1 aliphatic rings. The molecule has 5 heteroatoms. The fourth-order valence-corrected chi connectivity index (χ4v) is 2.57. The fraction of sp³-hybridized carbons (Fsp3) is 0.353. The number of anilines is 2. The maximum Gasteiger partial charge on any atom is 0.272 e. The van der Waals surface area contributed by atoms with Gasteiger partial charge >= 0.3 is 0 Å². The van der Waals surface area contributed by atoms with E-state index in [2.05, 4.69) is 32.5 Å². The summed E-state index contributed by atoms with van der Waals surface area (Å²) in [5.41, 5.74) is 2.54. The lowest BCUT2D eigenvalue weighted by Crippen LogP contribution is -2.41. The van der Waals surface area contributed by atoms with Crippen LogP contribution in [-0.2, 0) is 6.42 Å². The summed E-state index contributed by atoms with van der Waals surface area (Å²) in [6, 6.07) is 11.9. The van der Waals surface area contributed by atoms with Crippen LogP contribution in [0.25, 0.3) is 0 Å². The normalized spacial score (nSPS) is 13.9. The number of hydrogen-bond acceptors (Lipinski definition) is 4. The predicted octanol–water partition coefficient (Wildman–Crippen LogP) is 2.70. The lowest BCUT2D eigenvalue weighted by atomic mass is 10.1. The number of benzene rings is 1. The molecule has 114 valence electrons. The Morgan fingerprint density at radius 1 is 1.14 bits per heavy atom.